The Morgan fingerprint density at radius 1 is 1.32 bits per heavy atom. The van der Waals surface area contributed by atoms with Gasteiger partial charge in [0.15, 0.2) is 20.2 Å². The van der Waals surface area contributed by atoms with Gasteiger partial charge in [-0.3, -0.25) is 4.79 Å². The van der Waals surface area contributed by atoms with E-state index >= 15 is 0 Å². The molecule has 1 N–H and O–H groups in total. The molecule has 0 radical (unpaired) electrons. The first-order chi connectivity index (χ1) is 10.7. The highest BCUT2D eigenvalue weighted by Crippen LogP contribution is 2.35. The fourth-order valence-corrected chi connectivity index (χ4v) is 4.33. The Bertz CT molecular complexity index is 692. The molecule has 1 amide bonds. The third kappa shape index (κ3) is 3.47. The number of benzene rings is 1. The summed E-state index contributed by atoms with van der Waals surface area (Å²) < 4.78 is 12.2. The van der Waals surface area contributed by atoms with Gasteiger partial charge in [-0.1, -0.05) is 34.9 Å². The van der Waals surface area contributed by atoms with Gasteiger partial charge in [-0.15, -0.1) is 10.2 Å². The molecular weight excluding hydrogens is 342 g/mol. The molecule has 0 bridgehead atoms. The van der Waals surface area contributed by atoms with Crippen molar-refractivity contribution in [1.82, 2.24) is 10.2 Å². The number of hydrogen-bond acceptors (Lipinski definition) is 8. The third-order valence-electron chi connectivity index (χ3n) is 2.85. The summed E-state index contributed by atoms with van der Waals surface area (Å²) >= 11 is 4.43. The fourth-order valence-electron chi connectivity index (χ4n) is 1.75. The molecule has 1 aliphatic rings. The minimum atomic E-state index is -0.270. The number of aromatic nitrogens is 2. The average molecular weight is 355 g/mol. The lowest BCUT2D eigenvalue weighted by Crippen LogP contribution is -2.22. The van der Waals surface area contributed by atoms with E-state index in [-0.39, 0.29) is 18.0 Å². The van der Waals surface area contributed by atoms with E-state index in [4.69, 9.17) is 9.47 Å². The fraction of sp³-hybridized carbons (Fsp3) is 0.308. The molecule has 1 aliphatic heterocycles. The van der Waals surface area contributed by atoms with Crippen molar-refractivity contribution in [3.05, 3.63) is 18.2 Å². The van der Waals surface area contributed by atoms with Crippen molar-refractivity contribution in [1.29, 1.82) is 0 Å². The normalized spacial score (nSPS) is 13.9. The molecule has 0 fully saturated rings. The number of carbonyl (C=O) groups is 1. The van der Waals surface area contributed by atoms with Crippen LogP contribution in [-0.2, 0) is 4.79 Å². The van der Waals surface area contributed by atoms with Crippen molar-refractivity contribution in [2.24, 2.45) is 0 Å². The second kappa shape index (κ2) is 6.76. The molecule has 1 aromatic carbocycles. The molecule has 0 unspecified atom stereocenters. The predicted molar refractivity (Wildman–Crippen MR) is 88.2 cm³/mol. The molecule has 1 atom stereocenters. The van der Waals surface area contributed by atoms with Gasteiger partial charge in [0.1, 0.15) is 0 Å². The first-order valence-electron chi connectivity index (χ1n) is 6.40. The van der Waals surface area contributed by atoms with Crippen LogP contribution in [0, 0.1) is 0 Å². The molecule has 2 aromatic rings. The Labute approximate surface area is 140 Å². The largest absolute Gasteiger partial charge is 0.454 e. The van der Waals surface area contributed by atoms with Crippen LogP contribution in [0.5, 0.6) is 11.5 Å². The molecule has 22 heavy (non-hydrogen) atoms. The summed E-state index contributed by atoms with van der Waals surface area (Å²) in [5.41, 5.74) is 0.684. The van der Waals surface area contributed by atoms with Gasteiger partial charge in [-0.2, -0.15) is 0 Å². The lowest BCUT2D eigenvalue weighted by atomic mass is 10.2. The molecule has 1 aromatic heterocycles. The maximum atomic E-state index is 12.2. The zero-order valence-corrected chi connectivity index (χ0v) is 14.3. The third-order valence-corrected chi connectivity index (χ3v) is 5.93. The zero-order chi connectivity index (χ0) is 15.5. The van der Waals surface area contributed by atoms with Crippen LogP contribution >= 0.6 is 34.9 Å². The van der Waals surface area contributed by atoms with Gasteiger partial charge in [-0.05, 0) is 25.3 Å². The van der Waals surface area contributed by atoms with E-state index in [0.717, 1.165) is 8.68 Å². The van der Waals surface area contributed by atoms with E-state index in [1.807, 2.05) is 13.2 Å². The summed E-state index contributed by atoms with van der Waals surface area (Å²) in [4.78, 5) is 12.2. The van der Waals surface area contributed by atoms with Gasteiger partial charge in [-0.25, -0.2) is 0 Å². The lowest BCUT2D eigenvalue weighted by molar-refractivity contribution is -0.115. The highest BCUT2D eigenvalue weighted by atomic mass is 32.2. The number of fused-ring (bicyclic) bond motifs is 1. The van der Waals surface area contributed by atoms with Gasteiger partial charge < -0.3 is 14.8 Å². The Hall–Kier alpha value is -1.45. The van der Waals surface area contributed by atoms with Crippen LogP contribution in [0.25, 0.3) is 0 Å². The SMILES string of the molecule is CSc1nnc(S[C@H](C)C(=O)Nc2ccc3c(c2)OCO3)s1. The van der Waals surface area contributed by atoms with E-state index in [0.29, 0.717) is 17.2 Å². The number of amides is 1. The average Bonchev–Trinajstić information content (AvgIpc) is 3.15. The first kappa shape index (κ1) is 15.4. The number of rotatable bonds is 5. The number of hydrogen-bond donors (Lipinski definition) is 1. The minimum absolute atomic E-state index is 0.0928. The van der Waals surface area contributed by atoms with E-state index < -0.39 is 0 Å². The first-order valence-corrected chi connectivity index (χ1v) is 9.32. The van der Waals surface area contributed by atoms with Crippen LogP contribution in [0.2, 0.25) is 0 Å². The Balaban J connectivity index is 1.61. The van der Waals surface area contributed by atoms with Crippen LogP contribution in [0.4, 0.5) is 5.69 Å². The Kier molecular flexibility index (Phi) is 4.74. The molecule has 0 saturated heterocycles. The molecule has 9 heteroatoms. The summed E-state index contributed by atoms with van der Waals surface area (Å²) in [5, 5.41) is 10.7. The number of anilines is 1. The Morgan fingerprint density at radius 3 is 2.86 bits per heavy atom. The van der Waals surface area contributed by atoms with Gasteiger partial charge >= 0.3 is 0 Å². The number of thioether (sulfide) groups is 2. The van der Waals surface area contributed by atoms with E-state index in [1.165, 1.54) is 23.1 Å². The van der Waals surface area contributed by atoms with Crippen molar-refractivity contribution in [3.63, 3.8) is 0 Å². The second-order valence-electron chi connectivity index (χ2n) is 4.36. The quantitative estimate of drug-likeness (QED) is 0.826. The van der Waals surface area contributed by atoms with Gasteiger partial charge in [0.25, 0.3) is 0 Å². The summed E-state index contributed by atoms with van der Waals surface area (Å²) in [7, 11) is 0. The molecule has 0 saturated carbocycles. The number of carbonyl (C=O) groups excluding carboxylic acids is 1. The summed E-state index contributed by atoms with van der Waals surface area (Å²) in [6.45, 7) is 2.06. The molecular formula is C13H13N3O3S3. The number of nitrogens with one attached hydrogen (secondary N) is 1. The van der Waals surface area contributed by atoms with Crippen molar-refractivity contribution in [2.75, 3.05) is 18.4 Å². The molecule has 2 heterocycles. The summed E-state index contributed by atoms with van der Waals surface area (Å²) in [6, 6.07) is 5.33. The summed E-state index contributed by atoms with van der Waals surface area (Å²) in [6.07, 6.45) is 1.95. The Morgan fingerprint density at radius 2 is 2.09 bits per heavy atom. The van der Waals surface area contributed by atoms with Crippen molar-refractivity contribution < 1.29 is 14.3 Å². The van der Waals surface area contributed by atoms with Crippen LogP contribution in [0.15, 0.2) is 26.9 Å². The predicted octanol–water partition coefficient (Wildman–Crippen LogP) is 3.11. The monoisotopic (exact) mass is 355 g/mol. The van der Waals surface area contributed by atoms with Crippen LogP contribution in [0.3, 0.4) is 0 Å². The highest BCUT2D eigenvalue weighted by Gasteiger charge is 2.19. The van der Waals surface area contributed by atoms with Crippen molar-refractivity contribution >= 4 is 46.5 Å². The van der Waals surface area contributed by atoms with E-state index in [9.17, 15) is 4.79 Å². The van der Waals surface area contributed by atoms with Crippen LogP contribution in [-0.4, -0.2) is 34.4 Å². The molecule has 0 spiro atoms. The zero-order valence-electron chi connectivity index (χ0n) is 11.9. The highest BCUT2D eigenvalue weighted by molar-refractivity contribution is 8.03. The molecule has 116 valence electrons. The van der Waals surface area contributed by atoms with Crippen LogP contribution < -0.4 is 14.8 Å². The molecule has 0 aliphatic carbocycles. The molecule has 3 rings (SSSR count). The lowest BCUT2D eigenvalue weighted by Gasteiger charge is -2.10. The van der Waals surface area contributed by atoms with Crippen LogP contribution in [0.1, 0.15) is 6.92 Å². The second-order valence-corrected chi connectivity index (χ2v) is 7.97. The summed E-state index contributed by atoms with van der Waals surface area (Å²) in [5.74, 6) is 1.25. The van der Waals surface area contributed by atoms with E-state index in [1.54, 1.807) is 30.0 Å². The standard InChI is InChI=1S/C13H13N3O3S3/c1-7(21-13-16-15-12(20-2)22-13)11(17)14-8-3-4-9-10(5-8)19-6-18-9/h3-5,7H,6H2,1-2H3,(H,14,17)/t7-/m1/s1. The topological polar surface area (TPSA) is 73.3 Å². The minimum Gasteiger partial charge on any atom is -0.454 e. The van der Waals surface area contributed by atoms with Gasteiger partial charge in [0.05, 0.1) is 5.25 Å². The van der Waals surface area contributed by atoms with E-state index in [2.05, 4.69) is 15.5 Å². The maximum Gasteiger partial charge on any atom is 0.237 e. The number of ether oxygens (including phenoxy) is 2. The smallest absolute Gasteiger partial charge is 0.237 e. The number of nitrogens with zero attached hydrogens (tertiary/aromatic N) is 2. The maximum absolute atomic E-state index is 12.2. The van der Waals surface area contributed by atoms with Crippen molar-refractivity contribution in [3.8, 4) is 11.5 Å². The van der Waals surface area contributed by atoms with Gasteiger partial charge in [0.2, 0.25) is 12.7 Å². The van der Waals surface area contributed by atoms with Crippen molar-refractivity contribution in [2.45, 2.75) is 20.9 Å². The molecule has 6 nitrogen and oxygen atoms in total. The van der Waals surface area contributed by atoms with Gasteiger partial charge in [0, 0.05) is 11.8 Å².